The minimum atomic E-state index is -0.308. The molecule has 1 unspecified atom stereocenters. The monoisotopic (exact) mass is 537 g/mol. The van der Waals surface area contributed by atoms with Crippen molar-refractivity contribution in [3.8, 4) is 17.0 Å². The Bertz CT molecular complexity index is 1270. The van der Waals surface area contributed by atoms with Crippen LogP contribution in [0.25, 0.3) is 11.3 Å². The van der Waals surface area contributed by atoms with Crippen LogP contribution in [0, 0.1) is 0 Å². The molecule has 5 rings (SSSR count). The molecule has 0 radical (unpaired) electrons. The Morgan fingerprint density at radius 3 is 2.39 bits per heavy atom. The van der Waals surface area contributed by atoms with Gasteiger partial charge in [-0.05, 0) is 66.2 Å². The van der Waals surface area contributed by atoms with Crippen molar-refractivity contribution in [2.45, 2.75) is 6.04 Å². The van der Waals surface area contributed by atoms with E-state index in [0.717, 1.165) is 42.8 Å². The van der Waals surface area contributed by atoms with E-state index in [4.69, 9.17) is 4.74 Å². The van der Waals surface area contributed by atoms with E-state index in [0.29, 0.717) is 5.69 Å². The number of halogens is 2. The molecule has 5 nitrogen and oxygen atoms in total. The van der Waals surface area contributed by atoms with Crippen molar-refractivity contribution in [2.75, 3.05) is 12.0 Å². The fourth-order valence-electron chi connectivity index (χ4n) is 3.98. The summed E-state index contributed by atoms with van der Waals surface area (Å²) in [5.74, 6) is 0.668. The molecule has 1 amide bonds. The first-order chi connectivity index (χ1) is 15.1. The Labute approximate surface area is 196 Å². The second-order valence-corrected chi connectivity index (χ2v) is 9.03. The van der Waals surface area contributed by atoms with Gasteiger partial charge in [-0.3, -0.25) is 14.8 Å². The minimum Gasteiger partial charge on any atom is -0.497 e. The number of H-pyrrole nitrogens is 1. The average Bonchev–Trinajstić information content (AvgIpc) is 3.33. The van der Waals surface area contributed by atoms with Gasteiger partial charge in [-0.15, -0.1) is 0 Å². The van der Waals surface area contributed by atoms with Crippen molar-refractivity contribution < 1.29 is 9.53 Å². The van der Waals surface area contributed by atoms with Crippen LogP contribution in [-0.2, 0) is 0 Å². The quantitative estimate of drug-likeness (QED) is 0.329. The second kappa shape index (κ2) is 7.98. The van der Waals surface area contributed by atoms with Gasteiger partial charge in [0.1, 0.15) is 11.4 Å². The number of carbonyl (C=O) groups excluding carboxylic acids is 1. The highest BCUT2D eigenvalue weighted by Gasteiger charge is 2.43. The number of rotatable bonds is 4. The first-order valence-corrected chi connectivity index (χ1v) is 11.2. The molecule has 1 aliphatic heterocycles. The fraction of sp³-hybridized carbons (Fsp3) is 0.0833. The summed E-state index contributed by atoms with van der Waals surface area (Å²) >= 11 is 7.05. The maximum absolute atomic E-state index is 13.5. The average molecular weight is 539 g/mol. The third-order valence-electron chi connectivity index (χ3n) is 5.40. The Balaban J connectivity index is 1.70. The zero-order valence-electron chi connectivity index (χ0n) is 16.5. The highest BCUT2D eigenvalue weighted by atomic mass is 79.9. The standard InChI is InChI=1S/C24H17Br2N3O2/c1-31-19-11-5-14(6-12-19)21-20-22(28-27-21)24(30)29(18-9-7-16(25)8-10-18)23(20)15-3-2-4-17(26)13-15/h2-13,23H,1H3,(H,27,28). The van der Waals surface area contributed by atoms with Crippen LogP contribution in [0.4, 0.5) is 5.69 Å². The Morgan fingerprint density at radius 2 is 1.71 bits per heavy atom. The maximum Gasteiger partial charge on any atom is 0.277 e. The number of aromatic nitrogens is 2. The lowest BCUT2D eigenvalue weighted by molar-refractivity contribution is 0.0989. The lowest BCUT2D eigenvalue weighted by Crippen LogP contribution is -2.29. The number of benzene rings is 3. The molecule has 7 heteroatoms. The molecule has 1 atom stereocenters. The summed E-state index contributed by atoms with van der Waals surface area (Å²) in [5, 5.41) is 7.52. The molecule has 0 saturated heterocycles. The SMILES string of the molecule is COc1ccc(-c2n[nH]c3c2C(c2cccc(Br)c2)N(c2ccc(Br)cc2)C3=O)cc1. The van der Waals surface area contributed by atoms with Gasteiger partial charge < -0.3 is 4.74 Å². The van der Waals surface area contributed by atoms with Gasteiger partial charge in [0.15, 0.2) is 0 Å². The molecule has 31 heavy (non-hydrogen) atoms. The molecule has 0 fully saturated rings. The zero-order chi connectivity index (χ0) is 21.5. The van der Waals surface area contributed by atoms with Crippen LogP contribution in [0.15, 0.2) is 81.7 Å². The van der Waals surface area contributed by atoms with Gasteiger partial charge >= 0.3 is 0 Å². The van der Waals surface area contributed by atoms with Gasteiger partial charge in [0.25, 0.3) is 5.91 Å². The molecule has 0 bridgehead atoms. The van der Waals surface area contributed by atoms with Crippen LogP contribution in [0.3, 0.4) is 0 Å². The highest BCUT2D eigenvalue weighted by molar-refractivity contribution is 9.10. The van der Waals surface area contributed by atoms with Gasteiger partial charge in [-0.1, -0.05) is 44.0 Å². The van der Waals surface area contributed by atoms with E-state index in [1.54, 1.807) is 7.11 Å². The summed E-state index contributed by atoms with van der Waals surface area (Å²) < 4.78 is 7.20. The molecule has 1 N–H and O–H groups in total. The van der Waals surface area contributed by atoms with Gasteiger partial charge in [0.2, 0.25) is 0 Å². The van der Waals surface area contributed by atoms with Crippen LogP contribution >= 0.6 is 31.9 Å². The number of nitrogens with one attached hydrogen (secondary N) is 1. The first-order valence-electron chi connectivity index (χ1n) is 9.64. The second-order valence-electron chi connectivity index (χ2n) is 7.20. The van der Waals surface area contributed by atoms with Crippen LogP contribution < -0.4 is 9.64 Å². The predicted molar refractivity (Wildman–Crippen MR) is 128 cm³/mol. The lowest BCUT2D eigenvalue weighted by atomic mass is 9.96. The van der Waals surface area contributed by atoms with Gasteiger partial charge in [-0.2, -0.15) is 5.10 Å². The van der Waals surface area contributed by atoms with Gasteiger partial charge in [-0.25, -0.2) is 0 Å². The van der Waals surface area contributed by atoms with Crippen LogP contribution in [0.2, 0.25) is 0 Å². The number of ether oxygens (including phenoxy) is 1. The molecular weight excluding hydrogens is 522 g/mol. The molecule has 0 spiro atoms. The Hall–Kier alpha value is -2.90. The van der Waals surface area contributed by atoms with Crippen molar-refractivity contribution in [1.82, 2.24) is 10.2 Å². The van der Waals surface area contributed by atoms with E-state index < -0.39 is 0 Å². The van der Waals surface area contributed by atoms with Crippen molar-refractivity contribution in [1.29, 1.82) is 0 Å². The number of nitrogens with zero attached hydrogens (tertiary/aromatic N) is 2. The van der Waals surface area contributed by atoms with Crippen LogP contribution in [0.5, 0.6) is 5.75 Å². The molecule has 1 aliphatic rings. The highest BCUT2D eigenvalue weighted by Crippen LogP contribution is 2.45. The molecule has 4 aromatic rings. The van der Waals surface area contributed by atoms with Crippen LogP contribution in [0.1, 0.15) is 27.7 Å². The Kier molecular flexibility index (Phi) is 5.16. The number of fused-ring (bicyclic) bond motifs is 1. The topological polar surface area (TPSA) is 58.2 Å². The summed E-state index contributed by atoms with van der Waals surface area (Å²) in [6.45, 7) is 0. The molecule has 2 heterocycles. The van der Waals surface area contributed by atoms with Crippen molar-refractivity contribution in [3.63, 3.8) is 0 Å². The molecule has 1 aromatic heterocycles. The van der Waals surface area contributed by atoms with Crippen molar-refractivity contribution in [2.24, 2.45) is 0 Å². The van der Waals surface area contributed by atoms with Gasteiger partial charge in [0.05, 0.1) is 18.8 Å². The molecule has 0 aliphatic carbocycles. The van der Waals surface area contributed by atoms with E-state index in [1.165, 1.54) is 0 Å². The maximum atomic E-state index is 13.5. The summed E-state index contributed by atoms with van der Waals surface area (Å²) in [6.07, 6.45) is 0. The molecule has 3 aromatic carbocycles. The Morgan fingerprint density at radius 1 is 0.968 bits per heavy atom. The number of amides is 1. The number of aromatic amines is 1. The van der Waals surface area contributed by atoms with Crippen LogP contribution in [-0.4, -0.2) is 23.2 Å². The number of methoxy groups -OCH3 is 1. The molecule has 154 valence electrons. The van der Waals surface area contributed by atoms with E-state index >= 15 is 0 Å². The summed E-state index contributed by atoms with van der Waals surface area (Å²) in [5.41, 5.74) is 4.89. The zero-order valence-corrected chi connectivity index (χ0v) is 19.6. The van der Waals surface area contributed by atoms with E-state index in [-0.39, 0.29) is 11.9 Å². The van der Waals surface area contributed by atoms with Crippen molar-refractivity contribution >= 4 is 43.5 Å². The predicted octanol–water partition coefficient (Wildman–Crippen LogP) is 6.36. The van der Waals surface area contributed by atoms with E-state index in [9.17, 15) is 4.79 Å². The van der Waals surface area contributed by atoms with Gasteiger partial charge in [0, 0.05) is 25.8 Å². The normalized spacial score (nSPS) is 15.3. The van der Waals surface area contributed by atoms with E-state index in [1.807, 2.05) is 77.7 Å². The summed E-state index contributed by atoms with van der Waals surface area (Å²) in [4.78, 5) is 15.3. The smallest absolute Gasteiger partial charge is 0.277 e. The lowest BCUT2D eigenvalue weighted by Gasteiger charge is -2.26. The summed E-state index contributed by atoms with van der Waals surface area (Å²) in [6, 6.07) is 23.2. The molecular formula is C24H17Br2N3O2. The number of anilines is 1. The third kappa shape index (κ3) is 3.47. The minimum absolute atomic E-state index is 0.102. The number of hydrogen-bond acceptors (Lipinski definition) is 3. The largest absolute Gasteiger partial charge is 0.497 e. The first kappa shape index (κ1) is 20.0. The van der Waals surface area contributed by atoms with E-state index in [2.05, 4.69) is 42.1 Å². The summed E-state index contributed by atoms with van der Waals surface area (Å²) in [7, 11) is 1.64. The number of carbonyl (C=O) groups is 1. The van der Waals surface area contributed by atoms with Crippen molar-refractivity contribution in [3.05, 3.63) is 98.6 Å². The number of hydrogen-bond donors (Lipinski definition) is 1. The molecule has 0 saturated carbocycles. The fourth-order valence-corrected chi connectivity index (χ4v) is 4.66. The third-order valence-corrected chi connectivity index (χ3v) is 6.42.